The van der Waals surface area contributed by atoms with Gasteiger partial charge in [-0.3, -0.25) is 4.98 Å². The number of rotatable bonds is 4. The van der Waals surface area contributed by atoms with Gasteiger partial charge >= 0.3 is 0 Å². The summed E-state index contributed by atoms with van der Waals surface area (Å²) >= 11 is 11.8. The maximum atomic E-state index is 10.0. The molecule has 2 nitrogen and oxygen atoms in total. The molecule has 1 aromatic carbocycles. The van der Waals surface area contributed by atoms with Gasteiger partial charge in [0.15, 0.2) is 0 Å². The molecule has 0 amide bonds. The summed E-state index contributed by atoms with van der Waals surface area (Å²) in [6.45, 7) is 0. The molecule has 1 aromatic heterocycles. The fourth-order valence-corrected chi connectivity index (χ4v) is 2.09. The second-order valence-electron chi connectivity index (χ2n) is 4.13. The van der Waals surface area contributed by atoms with Crippen LogP contribution in [-0.2, 0) is 12.8 Å². The lowest BCUT2D eigenvalue weighted by atomic mass is 10.0. The standard InChI is InChI=1S/C14H13Cl2NO/c15-13-5-4-10(8-14(13)16)7-12(18)9-11-3-1-2-6-17-11/h1-6,8,12,18H,7,9H2. The van der Waals surface area contributed by atoms with Crippen LogP contribution in [0.3, 0.4) is 0 Å². The Hall–Kier alpha value is -1.09. The highest BCUT2D eigenvalue weighted by Gasteiger charge is 2.08. The first-order valence-electron chi connectivity index (χ1n) is 5.67. The van der Waals surface area contributed by atoms with E-state index in [-0.39, 0.29) is 0 Å². The molecule has 1 unspecified atom stereocenters. The van der Waals surface area contributed by atoms with E-state index >= 15 is 0 Å². The van der Waals surface area contributed by atoms with Gasteiger partial charge < -0.3 is 5.11 Å². The van der Waals surface area contributed by atoms with Crippen LogP contribution < -0.4 is 0 Å². The minimum Gasteiger partial charge on any atom is -0.392 e. The van der Waals surface area contributed by atoms with Crippen molar-refractivity contribution in [3.63, 3.8) is 0 Å². The van der Waals surface area contributed by atoms with Crippen LogP contribution in [0.25, 0.3) is 0 Å². The van der Waals surface area contributed by atoms with E-state index in [1.165, 1.54) is 0 Å². The first-order chi connectivity index (χ1) is 8.65. The lowest BCUT2D eigenvalue weighted by Gasteiger charge is -2.10. The van der Waals surface area contributed by atoms with Gasteiger partial charge in [0.1, 0.15) is 0 Å². The average Bonchev–Trinajstić information content (AvgIpc) is 2.35. The van der Waals surface area contributed by atoms with Crippen molar-refractivity contribution in [3.8, 4) is 0 Å². The van der Waals surface area contributed by atoms with Crippen molar-refractivity contribution in [2.45, 2.75) is 18.9 Å². The molecule has 1 atom stereocenters. The Bertz CT molecular complexity index is 516. The summed E-state index contributed by atoms with van der Waals surface area (Å²) in [6.07, 6.45) is 2.31. The third-order valence-electron chi connectivity index (χ3n) is 2.63. The van der Waals surface area contributed by atoms with E-state index in [1.54, 1.807) is 18.3 Å². The largest absolute Gasteiger partial charge is 0.392 e. The third-order valence-corrected chi connectivity index (χ3v) is 3.37. The number of aliphatic hydroxyl groups is 1. The van der Waals surface area contributed by atoms with Crippen LogP contribution in [0.2, 0.25) is 10.0 Å². The van der Waals surface area contributed by atoms with Gasteiger partial charge in [-0.05, 0) is 36.2 Å². The van der Waals surface area contributed by atoms with Crippen LogP contribution in [0.1, 0.15) is 11.3 Å². The summed E-state index contributed by atoms with van der Waals surface area (Å²) in [5.74, 6) is 0. The highest BCUT2D eigenvalue weighted by Crippen LogP contribution is 2.23. The van der Waals surface area contributed by atoms with Gasteiger partial charge in [0.25, 0.3) is 0 Å². The zero-order valence-electron chi connectivity index (χ0n) is 9.68. The van der Waals surface area contributed by atoms with Crippen LogP contribution in [-0.4, -0.2) is 16.2 Å². The molecule has 94 valence electrons. The lowest BCUT2D eigenvalue weighted by Crippen LogP contribution is -2.14. The number of halogens is 2. The second kappa shape index (κ2) is 6.19. The summed E-state index contributed by atoms with van der Waals surface area (Å²) in [5, 5.41) is 11.0. The summed E-state index contributed by atoms with van der Waals surface area (Å²) in [6, 6.07) is 11.1. The number of hydrogen-bond donors (Lipinski definition) is 1. The molecule has 0 aliphatic heterocycles. The molecule has 18 heavy (non-hydrogen) atoms. The van der Waals surface area contributed by atoms with Crippen LogP contribution in [0, 0.1) is 0 Å². The molecular formula is C14H13Cl2NO. The minimum absolute atomic E-state index is 0.475. The van der Waals surface area contributed by atoms with Crippen LogP contribution in [0.15, 0.2) is 42.6 Å². The summed E-state index contributed by atoms with van der Waals surface area (Å²) in [7, 11) is 0. The molecule has 1 heterocycles. The van der Waals surface area contributed by atoms with Crippen molar-refractivity contribution >= 4 is 23.2 Å². The Labute approximate surface area is 116 Å². The number of hydrogen-bond acceptors (Lipinski definition) is 2. The van der Waals surface area contributed by atoms with Crippen molar-refractivity contribution in [1.82, 2.24) is 4.98 Å². The highest BCUT2D eigenvalue weighted by atomic mass is 35.5. The molecule has 2 rings (SSSR count). The van der Waals surface area contributed by atoms with Gasteiger partial charge in [-0.15, -0.1) is 0 Å². The second-order valence-corrected chi connectivity index (χ2v) is 4.95. The highest BCUT2D eigenvalue weighted by molar-refractivity contribution is 6.42. The molecule has 0 saturated heterocycles. The van der Waals surface area contributed by atoms with Crippen molar-refractivity contribution in [2.75, 3.05) is 0 Å². The molecule has 0 bridgehead atoms. The van der Waals surface area contributed by atoms with Gasteiger partial charge in [0, 0.05) is 18.3 Å². The number of pyridine rings is 1. The van der Waals surface area contributed by atoms with E-state index in [2.05, 4.69) is 4.98 Å². The van der Waals surface area contributed by atoms with Gasteiger partial charge in [0.05, 0.1) is 16.1 Å². The van der Waals surface area contributed by atoms with E-state index in [9.17, 15) is 5.11 Å². The van der Waals surface area contributed by atoms with Crippen LogP contribution in [0.4, 0.5) is 0 Å². The molecule has 2 aromatic rings. The van der Waals surface area contributed by atoms with Gasteiger partial charge in [-0.1, -0.05) is 35.3 Å². The van der Waals surface area contributed by atoms with Crippen molar-refractivity contribution in [1.29, 1.82) is 0 Å². The summed E-state index contributed by atoms with van der Waals surface area (Å²) in [5.41, 5.74) is 1.85. The Kier molecular flexibility index (Phi) is 4.59. The molecule has 0 spiro atoms. The summed E-state index contributed by atoms with van der Waals surface area (Å²) in [4.78, 5) is 4.18. The predicted octanol–water partition coefficient (Wildman–Crippen LogP) is 3.53. The Balaban J connectivity index is 1.99. The number of benzene rings is 1. The van der Waals surface area contributed by atoms with E-state index in [0.29, 0.717) is 22.9 Å². The molecule has 0 fully saturated rings. The molecule has 0 radical (unpaired) electrons. The Morgan fingerprint density at radius 1 is 1.06 bits per heavy atom. The van der Waals surface area contributed by atoms with E-state index in [0.717, 1.165) is 11.3 Å². The average molecular weight is 282 g/mol. The molecular weight excluding hydrogens is 269 g/mol. The zero-order chi connectivity index (χ0) is 13.0. The van der Waals surface area contributed by atoms with E-state index in [4.69, 9.17) is 23.2 Å². The maximum absolute atomic E-state index is 10.0. The number of nitrogens with zero attached hydrogens (tertiary/aromatic N) is 1. The maximum Gasteiger partial charge on any atom is 0.0635 e. The van der Waals surface area contributed by atoms with Gasteiger partial charge in [-0.25, -0.2) is 0 Å². The first-order valence-corrected chi connectivity index (χ1v) is 6.42. The van der Waals surface area contributed by atoms with Crippen molar-refractivity contribution in [3.05, 3.63) is 63.9 Å². The third kappa shape index (κ3) is 3.70. The van der Waals surface area contributed by atoms with Crippen molar-refractivity contribution < 1.29 is 5.11 Å². The minimum atomic E-state index is -0.475. The zero-order valence-corrected chi connectivity index (χ0v) is 11.2. The SMILES string of the molecule is OC(Cc1ccc(Cl)c(Cl)c1)Cc1ccccn1. The van der Waals surface area contributed by atoms with Crippen LogP contribution in [0.5, 0.6) is 0 Å². The lowest BCUT2D eigenvalue weighted by molar-refractivity contribution is 0.174. The Morgan fingerprint density at radius 3 is 2.56 bits per heavy atom. The predicted molar refractivity (Wildman–Crippen MR) is 74.1 cm³/mol. The topological polar surface area (TPSA) is 33.1 Å². The number of aromatic nitrogens is 1. The molecule has 0 saturated carbocycles. The number of aliphatic hydroxyl groups excluding tert-OH is 1. The van der Waals surface area contributed by atoms with Gasteiger partial charge in [0.2, 0.25) is 0 Å². The van der Waals surface area contributed by atoms with Crippen LogP contribution >= 0.6 is 23.2 Å². The molecule has 0 aliphatic carbocycles. The fraction of sp³-hybridized carbons (Fsp3) is 0.214. The van der Waals surface area contributed by atoms with Gasteiger partial charge in [-0.2, -0.15) is 0 Å². The quantitative estimate of drug-likeness (QED) is 0.930. The Morgan fingerprint density at radius 2 is 1.89 bits per heavy atom. The fourth-order valence-electron chi connectivity index (χ4n) is 1.77. The smallest absolute Gasteiger partial charge is 0.0635 e. The monoisotopic (exact) mass is 281 g/mol. The molecule has 0 aliphatic rings. The summed E-state index contributed by atoms with van der Waals surface area (Å²) < 4.78 is 0. The molecule has 4 heteroatoms. The van der Waals surface area contributed by atoms with E-state index in [1.807, 2.05) is 24.3 Å². The van der Waals surface area contributed by atoms with E-state index < -0.39 is 6.10 Å². The van der Waals surface area contributed by atoms with Crippen molar-refractivity contribution in [2.24, 2.45) is 0 Å². The first kappa shape index (κ1) is 13.3. The normalized spacial score (nSPS) is 12.4. The molecule has 1 N–H and O–H groups in total.